The summed E-state index contributed by atoms with van der Waals surface area (Å²) >= 11 is 3.28. The summed E-state index contributed by atoms with van der Waals surface area (Å²) in [5, 5.41) is 16.0. The Morgan fingerprint density at radius 1 is 1.42 bits per heavy atom. The molecule has 1 aliphatic carbocycles. The Balaban J connectivity index is 1.98. The number of rotatable bonds is 4. The summed E-state index contributed by atoms with van der Waals surface area (Å²) in [5.74, 6) is -1.09. The number of carbonyl (C=O) groups excluding carboxylic acids is 2. The number of primary amides is 1. The molecule has 0 bridgehead atoms. The Labute approximate surface area is 146 Å². The summed E-state index contributed by atoms with van der Waals surface area (Å²) in [6.07, 6.45) is 1.97. The minimum absolute atomic E-state index is 0.108. The molecule has 1 aliphatic rings. The van der Waals surface area contributed by atoms with Gasteiger partial charge in [0.2, 0.25) is 0 Å². The third-order valence-corrected chi connectivity index (χ3v) is 4.19. The van der Waals surface area contributed by atoms with E-state index in [1.54, 1.807) is 23.7 Å². The van der Waals surface area contributed by atoms with Gasteiger partial charge in [-0.3, -0.25) is 14.3 Å². The topological polar surface area (TPSA) is 114 Å². The van der Waals surface area contributed by atoms with Gasteiger partial charge in [-0.05, 0) is 53.4 Å². The highest BCUT2D eigenvalue weighted by molar-refractivity contribution is 9.10. The minimum Gasteiger partial charge on any atom is -0.366 e. The first kappa shape index (κ1) is 16.2. The van der Waals surface area contributed by atoms with Gasteiger partial charge < -0.3 is 11.1 Å². The molecule has 3 rings (SSSR count). The Kier molecular flexibility index (Phi) is 4.11. The third kappa shape index (κ3) is 3.03. The third-order valence-electron chi connectivity index (χ3n) is 3.80. The molecular formula is C16H14BrN5O2. The number of benzene rings is 1. The molecule has 7 nitrogen and oxygen atoms in total. The molecule has 1 aromatic heterocycles. The molecule has 122 valence electrons. The Hall–Kier alpha value is -2.66. The zero-order valence-electron chi connectivity index (χ0n) is 12.8. The lowest BCUT2D eigenvalue weighted by Gasteiger charge is -2.13. The van der Waals surface area contributed by atoms with E-state index in [0.29, 0.717) is 27.1 Å². The largest absolute Gasteiger partial charge is 0.366 e. The lowest BCUT2D eigenvalue weighted by molar-refractivity contribution is 0.100. The van der Waals surface area contributed by atoms with Gasteiger partial charge in [0.25, 0.3) is 11.8 Å². The second-order valence-corrected chi connectivity index (χ2v) is 6.49. The van der Waals surface area contributed by atoms with Crippen LogP contribution >= 0.6 is 15.9 Å². The van der Waals surface area contributed by atoms with E-state index in [1.165, 1.54) is 6.07 Å². The van der Waals surface area contributed by atoms with Crippen LogP contribution in [0.25, 0.3) is 0 Å². The lowest BCUT2D eigenvalue weighted by atomic mass is 10.0. The molecule has 0 saturated heterocycles. The predicted octanol–water partition coefficient (Wildman–Crippen LogP) is 2.51. The maximum absolute atomic E-state index is 12.7. The van der Waals surface area contributed by atoms with E-state index in [9.17, 15) is 9.59 Å². The van der Waals surface area contributed by atoms with Crippen molar-refractivity contribution in [3.63, 3.8) is 0 Å². The molecule has 8 heteroatoms. The van der Waals surface area contributed by atoms with Crippen molar-refractivity contribution in [2.45, 2.75) is 25.8 Å². The quantitative estimate of drug-likeness (QED) is 0.838. The first-order valence-electron chi connectivity index (χ1n) is 7.31. The van der Waals surface area contributed by atoms with Gasteiger partial charge in [0, 0.05) is 6.07 Å². The number of aryl methyl sites for hydroxylation is 1. The molecule has 2 aromatic rings. The highest BCUT2D eigenvalue weighted by Crippen LogP contribution is 2.36. The summed E-state index contributed by atoms with van der Waals surface area (Å²) in [7, 11) is 0. The van der Waals surface area contributed by atoms with Crippen LogP contribution < -0.4 is 11.1 Å². The van der Waals surface area contributed by atoms with Crippen LogP contribution in [0.2, 0.25) is 0 Å². The van der Waals surface area contributed by atoms with Crippen LogP contribution in [0.4, 0.5) is 5.69 Å². The van der Waals surface area contributed by atoms with Crippen LogP contribution in [0.3, 0.4) is 0 Å². The van der Waals surface area contributed by atoms with Crippen molar-refractivity contribution >= 4 is 33.4 Å². The van der Waals surface area contributed by atoms with Crippen molar-refractivity contribution in [2.24, 2.45) is 5.73 Å². The van der Waals surface area contributed by atoms with Gasteiger partial charge in [0.05, 0.1) is 28.9 Å². The highest BCUT2D eigenvalue weighted by atomic mass is 79.9. The maximum atomic E-state index is 12.7. The van der Waals surface area contributed by atoms with E-state index in [-0.39, 0.29) is 17.5 Å². The molecule has 1 saturated carbocycles. The fraction of sp³-hybridized carbons (Fsp3) is 0.250. The fourth-order valence-electron chi connectivity index (χ4n) is 2.52. The average molecular weight is 388 g/mol. The van der Waals surface area contributed by atoms with E-state index in [0.717, 1.165) is 12.8 Å². The first-order valence-corrected chi connectivity index (χ1v) is 8.11. The Morgan fingerprint density at radius 3 is 2.71 bits per heavy atom. The lowest BCUT2D eigenvalue weighted by Crippen LogP contribution is -2.21. The smallest absolute Gasteiger partial charge is 0.274 e. The molecule has 1 heterocycles. The van der Waals surface area contributed by atoms with Crippen LogP contribution in [0.1, 0.15) is 50.9 Å². The number of nitriles is 1. The minimum atomic E-state index is -0.706. The number of nitrogens with two attached hydrogens (primary N) is 1. The van der Waals surface area contributed by atoms with E-state index < -0.39 is 5.91 Å². The van der Waals surface area contributed by atoms with Crippen LogP contribution in [0, 0.1) is 18.3 Å². The van der Waals surface area contributed by atoms with Gasteiger partial charge in [0.15, 0.2) is 0 Å². The van der Waals surface area contributed by atoms with E-state index in [4.69, 9.17) is 11.0 Å². The molecule has 0 aliphatic heterocycles. The van der Waals surface area contributed by atoms with Crippen LogP contribution in [0.15, 0.2) is 22.8 Å². The van der Waals surface area contributed by atoms with Crippen molar-refractivity contribution in [2.75, 3.05) is 5.32 Å². The van der Waals surface area contributed by atoms with Crippen molar-refractivity contribution in [3.05, 3.63) is 45.2 Å². The van der Waals surface area contributed by atoms with Gasteiger partial charge in [0.1, 0.15) is 10.3 Å². The van der Waals surface area contributed by atoms with Crippen LogP contribution in [-0.4, -0.2) is 21.6 Å². The van der Waals surface area contributed by atoms with Gasteiger partial charge in [-0.25, -0.2) is 0 Å². The first-order chi connectivity index (χ1) is 11.4. The molecule has 3 N–H and O–H groups in total. The molecule has 0 spiro atoms. The fourth-order valence-corrected chi connectivity index (χ4v) is 2.91. The summed E-state index contributed by atoms with van der Waals surface area (Å²) in [6.45, 7) is 1.71. The number of carbonyl (C=O) groups is 2. The Bertz CT molecular complexity index is 893. The number of halogens is 1. The molecule has 2 amide bonds. The predicted molar refractivity (Wildman–Crippen MR) is 90.6 cm³/mol. The Morgan fingerprint density at radius 2 is 2.12 bits per heavy atom. The molecular weight excluding hydrogens is 374 g/mol. The number of amides is 2. The molecule has 1 aromatic carbocycles. The van der Waals surface area contributed by atoms with Crippen molar-refractivity contribution in [1.82, 2.24) is 9.78 Å². The number of anilines is 1. The number of hydrogen-bond donors (Lipinski definition) is 2. The van der Waals surface area contributed by atoms with Crippen LogP contribution in [0.5, 0.6) is 0 Å². The second kappa shape index (κ2) is 6.09. The molecule has 0 atom stereocenters. The summed E-state index contributed by atoms with van der Waals surface area (Å²) in [5.41, 5.74) is 7.11. The highest BCUT2D eigenvalue weighted by Gasteiger charge is 2.29. The van der Waals surface area contributed by atoms with Crippen LogP contribution in [-0.2, 0) is 0 Å². The molecule has 0 radical (unpaired) electrons. The molecule has 24 heavy (non-hydrogen) atoms. The monoisotopic (exact) mass is 387 g/mol. The zero-order valence-corrected chi connectivity index (χ0v) is 14.4. The maximum Gasteiger partial charge on any atom is 0.274 e. The molecule has 1 fully saturated rings. The number of hydrogen-bond acceptors (Lipinski definition) is 4. The number of nitrogens with zero attached hydrogens (tertiary/aromatic N) is 3. The zero-order chi connectivity index (χ0) is 17.4. The van der Waals surface area contributed by atoms with E-state index in [1.807, 2.05) is 6.07 Å². The van der Waals surface area contributed by atoms with E-state index in [2.05, 4.69) is 26.3 Å². The van der Waals surface area contributed by atoms with Gasteiger partial charge in [-0.2, -0.15) is 10.4 Å². The van der Waals surface area contributed by atoms with Crippen molar-refractivity contribution in [3.8, 4) is 6.07 Å². The van der Waals surface area contributed by atoms with Gasteiger partial charge in [-0.1, -0.05) is 0 Å². The number of nitrogens with one attached hydrogen (secondary N) is 1. The summed E-state index contributed by atoms with van der Waals surface area (Å²) < 4.78 is 2.26. The average Bonchev–Trinajstić information content (AvgIpc) is 3.30. The summed E-state index contributed by atoms with van der Waals surface area (Å²) in [4.78, 5) is 24.3. The van der Waals surface area contributed by atoms with Gasteiger partial charge in [-0.15, -0.1) is 0 Å². The van der Waals surface area contributed by atoms with Gasteiger partial charge >= 0.3 is 0 Å². The van der Waals surface area contributed by atoms with E-state index >= 15 is 0 Å². The second-order valence-electron chi connectivity index (χ2n) is 5.67. The van der Waals surface area contributed by atoms with Crippen molar-refractivity contribution in [1.29, 1.82) is 5.26 Å². The standard InChI is InChI=1S/C16H14BrN5O2/c1-8-4-9(7-18)5-11(15(19)23)14(8)20-16(24)12-6-13(17)21-22(12)10-2-3-10/h4-6,10H,2-3H2,1H3,(H2,19,23)(H,20,24). The van der Waals surface area contributed by atoms with Crippen molar-refractivity contribution < 1.29 is 9.59 Å². The summed E-state index contributed by atoms with van der Waals surface area (Å²) in [6, 6.07) is 6.80. The SMILES string of the molecule is Cc1cc(C#N)cc(C(N)=O)c1NC(=O)c1cc(Br)nn1C1CC1. The number of aromatic nitrogens is 2. The normalized spacial score (nSPS) is 13.4. The molecule has 0 unspecified atom stereocenters.